The molecule has 0 saturated heterocycles. The summed E-state index contributed by atoms with van der Waals surface area (Å²) in [6.45, 7) is 5.02. The van der Waals surface area contributed by atoms with Crippen LogP contribution in [0.1, 0.15) is 29.8 Å². The first-order chi connectivity index (χ1) is 9.10. The van der Waals surface area contributed by atoms with Crippen molar-refractivity contribution in [2.24, 2.45) is 0 Å². The average molecular weight is 384 g/mol. The van der Waals surface area contributed by atoms with Crippen molar-refractivity contribution < 1.29 is 0 Å². The molecule has 1 aromatic heterocycles. The first-order valence-electron chi connectivity index (χ1n) is 6.22. The van der Waals surface area contributed by atoms with Crippen molar-refractivity contribution in [3.63, 3.8) is 0 Å². The van der Waals surface area contributed by atoms with E-state index in [1.54, 1.807) is 0 Å². The van der Waals surface area contributed by atoms with Gasteiger partial charge in [0, 0.05) is 20.8 Å². The van der Waals surface area contributed by atoms with Crippen molar-refractivity contribution in [1.29, 1.82) is 0 Å². The van der Waals surface area contributed by atoms with E-state index in [1.807, 2.05) is 25.3 Å². The molecule has 1 aromatic carbocycles. The van der Waals surface area contributed by atoms with E-state index in [9.17, 15) is 0 Å². The van der Waals surface area contributed by atoms with Crippen molar-refractivity contribution in [3.8, 4) is 0 Å². The fourth-order valence-electron chi connectivity index (χ4n) is 2.02. The molecule has 0 fully saturated rings. The molecule has 2 rings (SSSR count). The molecule has 2 aromatic rings. The number of nitrogens with one attached hydrogen (secondary N) is 1. The van der Waals surface area contributed by atoms with E-state index in [4.69, 9.17) is 0 Å². The Balaban J connectivity index is 2.41. The molecule has 1 heterocycles. The van der Waals surface area contributed by atoms with E-state index in [-0.39, 0.29) is 6.04 Å². The minimum Gasteiger partial charge on any atom is -0.306 e. The highest BCUT2D eigenvalue weighted by Crippen LogP contribution is 2.28. The van der Waals surface area contributed by atoms with Crippen molar-refractivity contribution >= 4 is 31.9 Å². The lowest BCUT2D eigenvalue weighted by Gasteiger charge is -2.19. The van der Waals surface area contributed by atoms with Crippen molar-refractivity contribution in [2.75, 3.05) is 6.54 Å². The molecule has 0 amide bonds. The van der Waals surface area contributed by atoms with Gasteiger partial charge >= 0.3 is 0 Å². The smallest absolute Gasteiger partial charge is 0.0592 e. The van der Waals surface area contributed by atoms with Crippen LogP contribution >= 0.6 is 31.9 Å². The van der Waals surface area contributed by atoms with Crippen LogP contribution in [0.15, 0.2) is 45.5 Å². The first-order valence-corrected chi connectivity index (χ1v) is 7.80. The summed E-state index contributed by atoms with van der Waals surface area (Å²) in [5.41, 5.74) is 3.43. The highest BCUT2D eigenvalue weighted by molar-refractivity contribution is 9.11. The fraction of sp³-hybridized carbons (Fsp3) is 0.267. The van der Waals surface area contributed by atoms with Crippen LogP contribution in [0.2, 0.25) is 0 Å². The minimum atomic E-state index is 0.159. The minimum absolute atomic E-state index is 0.159. The second kappa shape index (κ2) is 6.64. The van der Waals surface area contributed by atoms with Gasteiger partial charge in [0.25, 0.3) is 0 Å². The van der Waals surface area contributed by atoms with Gasteiger partial charge in [0.05, 0.1) is 6.04 Å². The zero-order valence-corrected chi connectivity index (χ0v) is 14.1. The predicted octanol–water partition coefficient (Wildman–Crippen LogP) is 4.61. The second-order valence-electron chi connectivity index (χ2n) is 4.43. The van der Waals surface area contributed by atoms with Crippen molar-refractivity contribution in [3.05, 3.63) is 62.3 Å². The summed E-state index contributed by atoms with van der Waals surface area (Å²) < 4.78 is 2.14. The van der Waals surface area contributed by atoms with Crippen LogP contribution in [0.3, 0.4) is 0 Å². The second-order valence-corrected chi connectivity index (χ2v) is 6.26. The zero-order chi connectivity index (χ0) is 13.8. The van der Waals surface area contributed by atoms with E-state index in [2.05, 4.69) is 67.3 Å². The third-order valence-corrected chi connectivity index (χ3v) is 3.81. The number of pyridine rings is 1. The van der Waals surface area contributed by atoms with Gasteiger partial charge in [0.15, 0.2) is 0 Å². The van der Waals surface area contributed by atoms with Gasteiger partial charge in [0.1, 0.15) is 0 Å². The Morgan fingerprint density at radius 1 is 1.11 bits per heavy atom. The van der Waals surface area contributed by atoms with Crippen LogP contribution in [0, 0.1) is 6.92 Å². The number of aromatic nitrogens is 1. The number of halogens is 2. The summed E-state index contributed by atoms with van der Waals surface area (Å²) in [5, 5.41) is 3.51. The first kappa shape index (κ1) is 14.7. The Labute approximate surface area is 130 Å². The van der Waals surface area contributed by atoms with Crippen LogP contribution < -0.4 is 5.32 Å². The summed E-state index contributed by atoms with van der Waals surface area (Å²) in [7, 11) is 0. The van der Waals surface area contributed by atoms with Gasteiger partial charge in [-0.05, 0) is 48.9 Å². The van der Waals surface area contributed by atoms with Gasteiger partial charge in [-0.25, -0.2) is 0 Å². The molecular weight excluding hydrogens is 368 g/mol. The molecule has 1 atom stereocenters. The summed E-state index contributed by atoms with van der Waals surface area (Å²) in [4.78, 5) is 4.39. The lowest BCUT2D eigenvalue weighted by molar-refractivity contribution is 0.628. The quantitative estimate of drug-likeness (QED) is 0.833. The van der Waals surface area contributed by atoms with E-state index >= 15 is 0 Å². The zero-order valence-electron chi connectivity index (χ0n) is 11.0. The Bertz CT molecular complexity index is 532. The van der Waals surface area contributed by atoms with Gasteiger partial charge < -0.3 is 5.32 Å². The fourth-order valence-corrected chi connectivity index (χ4v) is 3.35. The number of aryl methyl sites for hydroxylation is 1. The van der Waals surface area contributed by atoms with Crippen molar-refractivity contribution in [2.45, 2.75) is 19.9 Å². The highest BCUT2D eigenvalue weighted by atomic mass is 79.9. The van der Waals surface area contributed by atoms with Gasteiger partial charge in [0.2, 0.25) is 0 Å². The molecule has 1 N–H and O–H groups in total. The topological polar surface area (TPSA) is 24.9 Å². The summed E-state index contributed by atoms with van der Waals surface area (Å²) in [6, 6.07) is 10.7. The maximum absolute atomic E-state index is 4.39. The number of nitrogens with zero attached hydrogens (tertiary/aromatic N) is 1. The summed E-state index contributed by atoms with van der Waals surface area (Å²) in [6.07, 6.45) is 1.94. The molecule has 100 valence electrons. The van der Waals surface area contributed by atoms with Gasteiger partial charge in [-0.15, -0.1) is 0 Å². The number of hydrogen-bond donors (Lipinski definition) is 1. The predicted molar refractivity (Wildman–Crippen MR) is 86.3 cm³/mol. The van der Waals surface area contributed by atoms with Gasteiger partial charge in [-0.1, -0.05) is 44.8 Å². The summed E-state index contributed by atoms with van der Waals surface area (Å²) >= 11 is 7.09. The molecule has 2 nitrogen and oxygen atoms in total. The third kappa shape index (κ3) is 3.88. The van der Waals surface area contributed by atoms with Crippen LogP contribution in [0.4, 0.5) is 0 Å². The van der Waals surface area contributed by atoms with Crippen LogP contribution in [-0.4, -0.2) is 11.5 Å². The Morgan fingerprint density at radius 3 is 2.32 bits per heavy atom. The van der Waals surface area contributed by atoms with Crippen LogP contribution in [0.5, 0.6) is 0 Å². The maximum atomic E-state index is 4.39. The molecule has 0 aliphatic heterocycles. The Hall–Kier alpha value is -0.710. The Kier molecular flexibility index (Phi) is 5.13. The Morgan fingerprint density at radius 2 is 1.79 bits per heavy atom. The molecule has 4 heteroatoms. The van der Waals surface area contributed by atoms with Crippen LogP contribution in [0.25, 0.3) is 0 Å². The molecule has 0 aliphatic carbocycles. The molecule has 0 bridgehead atoms. The SMILES string of the molecule is CCNC(c1ccc(C)nc1)c1cc(Br)cc(Br)c1. The molecule has 0 radical (unpaired) electrons. The van der Waals surface area contributed by atoms with Crippen LogP contribution in [-0.2, 0) is 0 Å². The largest absolute Gasteiger partial charge is 0.306 e. The van der Waals surface area contributed by atoms with E-state index in [1.165, 1.54) is 11.1 Å². The molecule has 1 unspecified atom stereocenters. The summed E-state index contributed by atoms with van der Waals surface area (Å²) in [5.74, 6) is 0. The van der Waals surface area contributed by atoms with E-state index in [0.29, 0.717) is 0 Å². The highest BCUT2D eigenvalue weighted by Gasteiger charge is 2.14. The molecular formula is C15H16Br2N2. The molecule has 0 spiro atoms. The lowest BCUT2D eigenvalue weighted by Crippen LogP contribution is -2.22. The van der Waals surface area contributed by atoms with Gasteiger partial charge in [-0.2, -0.15) is 0 Å². The standard InChI is InChI=1S/C15H16Br2N2/c1-3-18-15(11-5-4-10(2)19-9-11)12-6-13(16)8-14(17)7-12/h4-9,15,18H,3H2,1-2H3. The molecule has 0 saturated carbocycles. The number of benzene rings is 1. The number of rotatable bonds is 4. The van der Waals surface area contributed by atoms with E-state index in [0.717, 1.165) is 21.2 Å². The number of hydrogen-bond acceptors (Lipinski definition) is 2. The van der Waals surface area contributed by atoms with Crippen molar-refractivity contribution in [1.82, 2.24) is 10.3 Å². The normalized spacial score (nSPS) is 12.4. The molecule has 19 heavy (non-hydrogen) atoms. The lowest BCUT2D eigenvalue weighted by atomic mass is 10.00. The monoisotopic (exact) mass is 382 g/mol. The maximum Gasteiger partial charge on any atom is 0.0592 e. The average Bonchev–Trinajstić information content (AvgIpc) is 2.36. The van der Waals surface area contributed by atoms with Gasteiger partial charge in [-0.3, -0.25) is 4.98 Å². The molecule has 0 aliphatic rings. The third-order valence-electron chi connectivity index (χ3n) is 2.89. The van der Waals surface area contributed by atoms with E-state index < -0.39 is 0 Å².